The van der Waals surface area contributed by atoms with Crippen molar-refractivity contribution < 1.29 is 4.74 Å². The largest absolute Gasteiger partial charge is 0.492 e. The van der Waals surface area contributed by atoms with Gasteiger partial charge in [-0.15, -0.1) is 10.2 Å². The van der Waals surface area contributed by atoms with Crippen LogP contribution in [0.15, 0.2) is 24.5 Å². The first kappa shape index (κ1) is 12.5. The van der Waals surface area contributed by atoms with Crippen LogP contribution in [-0.4, -0.2) is 30.9 Å². The molecule has 2 heterocycles. The highest BCUT2D eigenvalue weighted by Crippen LogP contribution is 2.27. The van der Waals surface area contributed by atoms with Crippen molar-refractivity contribution in [2.24, 2.45) is 7.05 Å². The van der Waals surface area contributed by atoms with Crippen molar-refractivity contribution in [2.45, 2.75) is 13.5 Å². The fraction of sp³-hybridized carbons (Fsp3) is 0.308. The van der Waals surface area contributed by atoms with Crippen molar-refractivity contribution in [1.29, 1.82) is 0 Å². The Labute approximate surface area is 116 Å². The zero-order chi connectivity index (χ0) is 14.1. The molecule has 0 fully saturated rings. The van der Waals surface area contributed by atoms with Gasteiger partial charge in [0.25, 0.3) is 0 Å². The SMILES string of the molecule is CCOc1cccc2c1nc(N)n2Cc1nncn1C. The van der Waals surface area contributed by atoms with Crippen molar-refractivity contribution in [2.75, 3.05) is 12.3 Å². The van der Waals surface area contributed by atoms with E-state index < -0.39 is 0 Å². The molecule has 0 bridgehead atoms. The maximum Gasteiger partial charge on any atom is 0.201 e. The van der Waals surface area contributed by atoms with Crippen LogP contribution in [-0.2, 0) is 13.6 Å². The van der Waals surface area contributed by atoms with Gasteiger partial charge in [0.15, 0.2) is 5.82 Å². The number of hydrogen-bond donors (Lipinski definition) is 1. The average Bonchev–Trinajstić information content (AvgIpc) is 2.97. The zero-order valence-corrected chi connectivity index (χ0v) is 11.4. The van der Waals surface area contributed by atoms with Gasteiger partial charge in [-0.25, -0.2) is 4.98 Å². The first-order chi connectivity index (χ1) is 9.70. The number of hydrogen-bond acceptors (Lipinski definition) is 5. The molecule has 3 aromatic rings. The maximum atomic E-state index is 6.02. The van der Waals surface area contributed by atoms with Gasteiger partial charge in [-0.1, -0.05) is 6.07 Å². The van der Waals surface area contributed by atoms with Crippen LogP contribution in [0.5, 0.6) is 5.75 Å². The van der Waals surface area contributed by atoms with E-state index in [1.54, 1.807) is 6.33 Å². The number of nitrogens with zero attached hydrogens (tertiary/aromatic N) is 5. The lowest BCUT2D eigenvalue weighted by molar-refractivity contribution is 0.343. The molecule has 0 spiro atoms. The number of rotatable bonds is 4. The van der Waals surface area contributed by atoms with Gasteiger partial charge < -0.3 is 19.6 Å². The molecule has 7 nitrogen and oxygen atoms in total. The van der Waals surface area contributed by atoms with E-state index in [0.717, 1.165) is 22.6 Å². The van der Waals surface area contributed by atoms with Crippen LogP contribution in [0.25, 0.3) is 11.0 Å². The Morgan fingerprint density at radius 3 is 2.90 bits per heavy atom. The number of anilines is 1. The first-order valence-electron chi connectivity index (χ1n) is 6.41. The molecule has 0 aliphatic carbocycles. The maximum absolute atomic E-state index is 6.02. The van der Waals surface area contributed by atoms with Gasteiger partial charge in [-0.3, -0.25) is 0 Å². The van der Waals surface area contributed by atoms with E-state index in [2.05, 4.69) is 15.2 Å². The minimum absolute atomic E-state index is 0.440. The van der Waals surface area contributed by atoms with Gasteiger partial charge in [0.05, 0.1) is 18.7 Å². The highest BCUT2D eigenvalue weighted by molar-refractivity contribution is 5.84. The third-order valence-corrected chi connectivity index (χ3v) is 3.18. The summed E-state index contributed by atoms with van der Waals surface area (Å²) in [6.45, 7) is 3.06. The number of benzene rings is 1. The quantitative estimate of drug-likeness (QED) is 0.771. The summed E-state index contributed by atoms with van der Waals surface area (Å²) in [5, 5.41) is 7.95. The lowest BCUT2D eigenvalue weighted by atomic mass is 10.3. The molecule has 7 heteroatoms. The first-order valence-corrected chi connectivity index (χ1v) is 6.41. The molecule has 104 valence electrons. The zero-order valence-electron chi connectivity index (χ0n) is 11.4. The molecule has 0 aliphatic rings. The highest BCUT2D eigenvalue weighted by atomic mass is 16.5. The van der Waals surface area contributed by atoms with E-state index in [-0.39, 0.29) is 0 Å². The summed E-state index contributed by atoms with van der Waals surface area (Å²) in [5.41, 5.74) is 7.72. The number of ether oxygens (including phenoxy) is 1. The Morgan fingerprint density at radius 1 is 1.35 bits per heavy atom. The van der Waals surface area contributed by atoms with Crippen LogP contribution >= 0.6 is 0 Å². The Kier molecular flexibility index (Phi) is 3.02. The summed E-state index contributed by atoms with van der Waals surface area (Å²) in [4.78, 5) is 4.40. The molecule has 0 saturated heterocycles. The molecule has 2 N–H and O–H groups in total. The molecule has 1 aromatic carbocycles. The number of nitrogens with two attached hydrogens (primary N) is 1. The second-order valence-electron chi connectivity index (χ2n) is 4.47. The molecular formula is C13H16N6O. The fourth-order valence-electron chi connectivity index (χ4n) is 2.17. The summed E-state index contributed by atoms with van der Waals surface area (Å²) in [7, 11) is 1.90. The van der Waals surface area contributed by atoms with Crippen LogP contribution in [0.1, 0.15) is 12.7 Å². The van der Waals surface area contributed by atoms with Gasteiger partial charge in [0.1, 0.15) is 17.6 Å². The summed E-state index contributed by atoms with van der Waals surface area (Å²) in [5.74, 6) is 2.00. The molecule has 0 unspecified atom stereocenters. The van der Waals surface area contributed by atoms with Crippen LogP contribution < -0.4 is 10.5 Å². The molecule has 0 aliphatic heterocycles. The van der Waals surface area contributed by atoms with Crippen LogP contribution in [0.3, 0.4) is 0 Å². The Bertz CT molecular complexity index is 744. The van der Waals surface area contributed by atoms with Gasteiger partial charge in [-0.05, 0) is 19.1 Å². The van der Waals surface area contributed by atoms with E-state index in [9.17, 15) is 0 Å². The lowest BCUT2D eigenvalue weighted by Crippen LogP contribution is -2.08. The van der Waals surface area contributed by atoms with E-state index >= 15 is 0 Å². The van der Waals surface area contributed by atoms with Gasteiger partial charge >= 0.3 is 0 Å². The Morgan fingerprint density at radius 2 is 2.20 bits per heavy atom. The van der Waals surface area contributed by atoms with E-state index in [4.69, 9.17) is 10.5 Å². The van der Waals surface area contributed by atoms with Crippen LogP contribution in [0, 0.1) is 0 Å². The average molecular weight is 272 g/mol. The summed E-state index contributed by atoms with van der Waals surface area (Å²) < 4.78 is 9.35. The number of aromatic nitrogens is 5. The van der Waals surface area contributed by atoms with Gasteiger partial charge in [-0.2, -0.15) is 0 Å². The monoisotopic (exact) mass is 272 g/mol. The second-order valence-corrected chi connectivity index (χ2v) is 4.47. The predicted molar refractivity (Wildman–Crippen MR) is 75.4 cm³/mol. The molecule has 0 amide bonds. The molecular weight excluding hydrogens is 256 g/mol. The number of para-hydroxylation sites is 1. The number of aryl methyl sites for hydroxylation is 1. The van der Waals surface area contributed by atoms with Crippen molar-refractivity contribution in [3.8, 4) is 5.75 Å². The fourth-order valence-corrected chi connectivity index (χ4v) is 2.17. The number of nitrogen functional groups attached to an aromatic ring is 1. The summed E-state index contributed by atoms with van der Waals surface area (Å²) >= 11 is 0. The van der Waals surface area contributed by atoms with Gasteiger partial charge in [0, 0.05) is 7.05 Å². The van der Waals surface area contributed by atoms with Crippen LogP contribution in [0.4, 0.5) is 5.95 Å². The minimum atomic E-state index is 0.440. The topological polar surface area (TPSA) is 83.8 Å². The molecule has 3 rings (SSSR count). The van der Waals surface area contributed by atoms with Gasteiger partial charge in [0.2, 0.25) is 5.95 Å². The normalized spacial score (nSPS) is 11.1. The summed E-state index contributed by atoms with van der Waals surface area (Å²) in [6, 6.07) is 5.80. The van der Waals surface area contributed by atoms with E-state index in [0.29, 0.717) is 19.1 Å². The van der Waals surface area contributed by atoms with Crippen molar-refractivity contribution >= 4 is 17.0 Å². The molecule has 20 heavy (non-hydrogen) atoms. The minimum Gasteiger partial charge on any atom is -0.492 e. The van der Waals surface area contributed by atoms with Crippen molar-refractivity contribution in [3.63, 3.8) is 0 Å². The molecule has 0 radical (unpaired) electrons. The smallest absolute Gasteiger partial charge is 0.201 e. The third-order valence-electron chi connectivity index (χ3n) is 3.18. The highest BCUT2D eigenvalue weighted by Gasteiger charge is 2.14. The molecule has 0 atom stereocenters. The predicted octanol–water partition coefficient (Wildman–Crippen LogP) is 1.19. The summed E-state index contributed by atoms with van der Waals surface area (Å²) in [6.07, 6.45) is 1.66. The van der Waals surface area contributed by atoms with Crippen LogP contribution in [0.2, 0.25) is 0 Å². The number of fused-ring (bicyclic) bond motifs is 1. The van der Waals surface area contributed by atoms with Crippen molar-refractivity contribution in [3.05, 3.63) is 30.4 Å². The molecule has 2 aromatic heterocycles. The Balaban J connectivity index is 2.09. The standard InChI is InChI=1S/C13H16N6O/c1-3-20-10-6-4-5-9-12(10)16-13(14)19(9)7-11-17-15-8-18(11)2/h4-6,8H,3,7H2,1-2H3,(H2,14,16). The number of imidazole rings is 1. The van der Waals surface area contributed by atoms with E-state index in [1.165, 1.54) is 0 Å². The third kappa shape index (κ3) is 1.97. The molecule has 0 saturated carbocycles. The van der Waals surface area contributed by atoms with Crippen molar-refractivity contribution in [1.82, 2.24) is 24.3 Å². The van der Waals surface area contributed by atoms with E-state index in [1.807, 2.05) is 41.3 Å². The Hall–Kier alpha value is -2.57. The second kappa shape index (κ2) is 4.84. The lowest BCUT2D eigenvalue weighted by Gasteiger charge is -2.06.